The minimum atomic E-state index is -0.0184. The van der Waals surface area contributed by atoms with Crippen molar-refractivity contribution in [1.29, 1.82) is 0 Å². The van der Waals surface area contributed by atoms with Crippen LogP contribution in [0.2, 0.25) is 0 Å². The van der Waals surface area contributed by atoms with E-state index >= 15 is 0 Å². The van der Waals surface area contributed by atoms with E-state index in [-0.39, 0.29) is 11.9 Å². The summed E-state index contributed by atoms with van der Waals surface area (Å²) in [6, 6.07) is 24.8. The van der Waals surface area contributed by atoms with Gasteiger partial charge in [0.15, 0.2) is 0 Å². The van der Waals surface area contributed by atoms with Crippen molar-refractivity contribution in [3.05, 3.63) is 83.9 Å². The number of hydrazone groups is 1. The van der Waals surface area contributed by atoms with Crippen molar-refractivity contribution in [2.24, 2.45) is 5.10 Å². The van der Waals surface area contributed by atoms with Crippen LogP contribution in [0.3, 0.4) is 0 Å². The van der Waals surface area contributed by atoms with Gasteiger partial charge < -0.3 is 0 Å². The Morgan fingerprint density at radius 2 is 1.72 bits per heavy atom. The summed E-state index contributed by atoms with van der Waals surface area (Å²) in [7, 11) is 0. The fourth-order valence-electron chi connectivity index (χ4n) is 3.38. The van der Waals surface area contributed by atoms with E-state index in [4.69, 9.17) is 5.10 Å². The zero-order chi connectivity index (χ0) is 17.2. The number of hydrogen-bond donors (Lipinski definition) is 0. The largest absolute Gasteiger partial charge is 0.273 e. The first-order valence-electron chi connectivity index (χ1n) is 8.70. The highest BCUT2D eigenvalue weighted by molar-refractivity contribution is 6.05. The molecule has 0 unspecified atom stereocenters. The summed E-state index contributed by atoms with van der Waals surface area (Å²) < 4.78 is 0. The second-order valence-corrected chi connectivity index (χ2v) is 6.33. The molecule has 1 aliphatic rings. The standard InChI is InChI=1S/C22H20N2O/c1-2-22(25)24-21(17-9-4-3-5-10-17)15-20(23-24)19-13-12-16-8-6-7-11-18(16)14-19/h3-14,21H,2,15H2,1H3/t21-/m0/s1. The van der Waals surface area contributed by atoms with Crippen LogP contribution in [0.4, 0.5) is 0 Å². The maximum absolute atomic E-state index is 12.4. The third-order valence-electron chi connectivity index (χ3n) is 4.74. The first kappa shape index (κ1) is 15.6. The van der Waals surface area contributed by atoms with Crippen LogP contribution in [0.25, 0.3) is 10.8 Å². The Morgan fingerprint density at radius 3 is 2.48 bits per heavy atom. The lowest BCUT2D eigenvalue weighted by molar-refractivity contribution is -0.132. The Bertz CT molecular complexity index is 946. The van der Waals surface area contributed by atoms with Gasteiger partial charge in [-0.15, -0.1) is 0 Å². The second kappa shape index (κ2) is 6.52. The normalized spacial score (nSPS) is 16.9. The van der Waals surface area contributed by atoms with Crippen LogP contribution >= 0.6 is 0 Å². The van der Waals surface area contributed by atoms with Crippen molar-refractivity contribution in [3.8, 4) is 0 Å². The Morgan fingerprint density at radius 1 is 1.00 bits per heavy atom. The van der Waals surface area contributed by atoms with Gasteiger partial charge in [0.25, 0.3) is 0 Å². The minimum Gasteiger partial charge on any atom is -0.273 e. The van der Waals surface area contributed by atoms with Crippen LogP contribution in [-0.4, -0.2) is 16.6 Å². The molecule has 1 aliphatic heterocycles. The quantitative estimate of drug-likeness (QED) is 0.671. The third kappa shape index (κ3) is 2.93. The topological polar surface area (TPSA) is 32.7 Å². The van der Waals surface area contributed by atoms with Gasteiger partial charge in [0.05, 0.1) is 11.8 Å². The van der Waals surface area contributed by atoms with Crippen molar-refractivity contribution in [3.63, 3.8) is 0 Å². The van der Waals surface area contributed by atoms with E-state index in [2.05, 4.69) is 42.5 Å². The van der Waals surface area contributed by atoms with Gasteiger partial charge in [0.1, 0.15) is 0 Å². The van der Waals surface area contributed by atoms with E-state index < -0.39 is 0 Å². The van der Waals surface area contributed by atoms with Gasteiger partial charge in [-0.1, -0.05) is 73.7 Å². The number of benzene rings is 3. The molecule has 0 saturated heterocycles. The lowest BCUT2D eigenvalue weighted by atomic mass is 9.97. The molecule has 0 aromatic heterocycles. The maximum atomic E-state index is 12.4. The summed E-state index contributed by atoms with van der Waals surface area (Å²) in [5.41, 5.74) is 3.19. The van der Waals surface area contributed by atoms with Crippen molar-refractivity contribution in [1.82, 2.24) is 5.01 Å². The molecular weight excluding hydrogens is 308 g/mol. The number of amides is 1. The summed E-state index contributed by atoms with van der Waals surface area (Å²) in [6.07, 6.45) is 1.20. The van der Waals surface area contributed by atoms with Crippen LogP contribution in [0.5, 0.6) is 0 Å². The summed E-state index contributed by atoms with van der Waals surface area (Å²) in [5.74, 6) is 0.0599. The molecule has 0 N–H and O–H groups in total. The molecule has 0 aliphatic carbocycles. The lowest BCUT2D eigenvalue weighted by Crippen LogP contribution is -2.26. The average molecular weight is 328 g/mol. The summed E-state index contributed by atoms with van der Waals surface area (Å²) in [6.45, 7) is 1.88. The van der Waals surface area contributed by atoms with E-state index in [1.54, 1.807) is 5.01 Å². The van der Waals surface area contributed by atoms with Gasteiger partial charge in [-0.2, -0.15) is 5.10 Å². The Hall–Kier alpha value is -2.94. The van der Waals surface area contributed by atoms with Gasteiger partial charge in [-0.05, 0) is 28.0 Å². The van der Waals surface area contributed by atoms with Crippen molar-refractivity contribution in [2.75, 3.05) is 0 Å². The SMILES string of the molecule is CCC(=O)N1N=C(c2ccc3ccccc3c2)C[C@H]1c1ccccc1. The van der Waals surface area contributed by atoms with Crippen molar-refractivity contribution < 1.29 is 4.79 Å². The van der Waals surface area contributed by atoms with E-state index in [0.29, 0.717) is 6.42 Å². The zero-order valence-electron chi connectivity index (χ0n) is 14.2. The van der Waals surface area contributed by atoms with Crippen LogP contribution in [0.1, 0.15) is 36.9 Å². The molecule has 25 heavy (non-hydrogen) atoms. The van der Waals surface area contributed by atoms with Gasteiger partial charge in [-0.3, -0.25) is 4.79 Å². The smallest absolute Gasteiger partial charge is 0.242 e. The number of fused-ring (bicyclic) bond motifs is 1. The summed E-state index contributed by atoms with van der Waals surface area (Å²) in [4.78, 5) is 12.4. The van der Waals surface area contributed by atoms with Crippen LogP contribution in [-0.2, 0) is 4.79 Å². The van der Waals surface area contributed by atoms with E-state index in [0.717, 1.165) is 23.3 Å². The van der Waals surface area contributed by atoms with Crippen LogP contribution in [0, 0.1) is 0 Å². The number of nitrogens with zero attached hydrogens (tertiary/aromatic N) is 2. The Balaban J connectivity index is 1.72. The molecule has 3 nitrogen and oxygen atoms in total. The molecule has 0 saturated carbocycles. The first-order valence-corrected chi connectivity index (χ1v) is 8.70. The number of rotatable bonds is 3. The summed E-state index contributed by atoms with van der Waals surface area (Å²) in [5, 5.41) is 8.77. The molecule has 1 heterocycles. The van der Waals surface area contributed by atoms with Gasteiger partial charge in [0.2, 0.25) is 5.91 Å². The fraction of sp³-hybridized carbons (Fsp3) is 0.182. The molecular formula is C22H20N2O. The third-order valence-corrected chi connectivity index (χ3v) is 4.74. The highest BCUT2D eigenvalue weighted by Crippen LogP contribution is 2.33. The summed E-state index contributed by atoms with van der Waals surface area (Å²) >= 11 is 0. The second-order valence-electron chi connectivity index (χ2n) is 6.33. The number of carbonyl (C=O) groups excluding carboxylic acids is 1. The monoisotopic (exact) mass is 328 g/mol. The predicted molar refractivity (Wildman–Crippen MR) is 101 cm³/mol. The molecule has 0 radical (unpaired) electrons. The van der Waals surface area contributed by atoms with Crippen molar-refractivity contribution in [2.45, 2.75) is 25.8 Å². The van der Waals surface area contributed by atoms with Crippen molar-refractivity contribution >= 4 is 22.4 Å². The maximum Gasteiger partial charge on any atom is 0.242 e. The molecule has 3 aromatic rings. The average Bonchev–Trinajstić information content (AvgIpc) is 3.13. The highest BCUT2D eigenvalue weighted by Gasteiger charge is 2.32. The molecule has 0 fully saturated rings. The molecule has 4 rings (SSSR count). The number of hydrogen-bond acceptors (Lipinski definition) is 2. The molecule has 124 valence electrons. The molecule has 0 spiro atoms. The Kier molecular flexibility index (Phi) is 4.06. The van der Waals surface area contributed by atoms with Gasteiger partial charge in [-0.25, -0.2) is 5.01 Å². The highest BCUT2D eigenvalue weighted by atomic mass is 16.2. The number of carbonyl (C=O) groups is 1. The molecule has 1 amide bonds. The first-order chi connectivity index (χ1) is 12.3. The van der Waals surface area contributed by atoms with Gasteiger partial charge in [0, 0.05) is 12.8 Å². The van der Waals surface area contributed by atoms with Gasteiger partial charge >= 0.3 is 0 Å². The van der Waals surface area contributed by atoms with E-state index in [1.807, 2.05) is 37.3 Å². The molecule has 3 aromatic carbocycles. The zero-order valence-corrected chi connectivity index (χ0v) is 14.2. The van der Waals surface area contributed by atoms with E-state index in [9.17, 15) is 4.79 Å². The lowest BCUT2D eigenvalue weighted by Gasteiger charge is -2.21. The predicted octanol–water partition coefficient (Wildman–Crippen LogP) is 4.93. The molecule has 1 atom stereocenters. The van der Waals surface area contributed by atoms with Crippen LogP contribution in [0.15, 0.2) is 77.9 Å². The Labute approximate surface area is 147 Å². The van der Waals surface area contributed by atoms with Crippen LogP contribution < -0.4 is 0 Å². The van der Waals surface area contributed by atoms with E-state index in [1.165, 1.54) is 10.8 Å². The molecule has 3 heteroatoms. The minimum absolute atomic E-state index is 0.0184. The fourth-order valence-corrected chi connectivity index (χ4v) is 3.38. The molecule has 0 bridgehead atoms.